The Labute approximate surface area is 123 Å². The minimum atomic E-state index is -0.307. The minimum absolute atomic E-state index is 0.0154. The van der Waals surface area contributed by atoms with E-state index in [1.807, 2.05) is 0 Å². The fraction of sp³-hybridized carbons (Fsp3) is 0.294. The number of nitrogens with two attached hydrogens (primary N) is 1. The third kappa shape index (κ3) is 2.58. The summed E-state index contributed by atoms with van der Waals surface area (Å²) in [5.41, 5.74) is 10.1. The molecular weight excluding hydrogens is 273 g/mol. The Morgan fingerprint density at radius 1 is 1.25 bits per heavy atom. The van der Waals surface area contributed by atoms with Crippen molar-refractivity contribution in [2.75, 3.05) is 0 Å². The van der Waals surface area contributed by atoms with Crippen LogP contribution in [0.15, 0.2) is 42.5 Å². The van der Waals surface area contributed by atoms with Gasteiger partial charge in [-0.2, -0.15) is 0 Å². The van der Waals surface area contributed by atoms with E-state index in [1.54, 1.807) is 6.07 Å². The van der Waals surface area contributed by atoms with Crippen molar-refractivity contribution in [2.24, 2.45) is 5.73 Å². The first kappa shape index (κ1) is 13.6. The lowest BCUT2D eigenvalue weighted by Gasteiger charge is -2.21. The molecule has 0 aromatic heterocycles. The summed E-state index contributed by atoms with van der Waals surface area (Å²) in [4.78, 5) is 0. The number of halogens is 2. The lowest BCUT2D eigenvalue weighted by Crippen LogP contribution is -2.29. The highest BCUT2D eigenvalue weighted by Gasteiger charge is 2.27. The predicted molar refractivity (Wildman–Crippen MR) is 80.6 cm³/mol. The van der Waals surface area contributed by atoms with Crippen molar-refractivity contribution in [3.63, 3.8) is 0 Å². The highest BCUT2D eigenvalue weighted by atomic mass is 35.5. The van der Waals surface area contributed by atoms with Crippen LogP contribution in [0, 0.1) is 5.82 Å². The molecule has 2 aromatic rings. The largest absolute Gasteiger partial charge is 0.327 e. The summed E-state index contributed by atoms with van der Waals surface area (Å²) < 4.78 is 13.1. The molecule has 2 unspecified atom stereocenters. The lowest BCUT2D eigenvalue weighted by atomic mass is 9.89. The molecule has 0 aliphatic heterocycles. The van der Waals surface area contributed by atoms with Crippen molar-refractivity contribution < 1.29 is 4.39 Å². The van der Waals surface area contributed by atoms with Gasteiger partial charge in [-0.15, -0.1) is 0 Å². The number of hydrogen-bond donors (Lipinski definition) is 1. The highest BCUT2D eigenvalue weighted by Crippen LogP contribution is 2.36. The second kappa shape index (κ2) is 5.55. The standard InChI is InChI=1S/C17H17ClFN/c18-16-10-13(19)7-5-12(16)9-17(20)15-8-6-11-3-1-2-4-14(11)15/h1-5,7,10,15,17H,6,8-9,20H2. The normalized spacial score (nSPS) is 18.9. The van der Waals surface area contributed by atoms with Crippen LogP contribution >= 0.6 is 11.6 Å². The summed E-state index contributed by atoms with van der Waals surface area (Å²) in [6, 6.07) is 13.0. The van der Waals surface area contributed by atoms with Gasteiger partial charge in [0.25, 0.3) is 0 Å². The molecule has 2 N–H and O–H groups in total. The Bertz CT molecular complexity index is 626. The Balaban J connectivity index is 1.79. The van der Waals surface area contributed by atoms with Crippen LogP contribution < -0.4 is 5.73 Å². The van der Waals surface area contributed by atoms with E-state index in [-0.39, 0.29) is 11.9 Å². The smallest absolute Gasteiger partial charge is 0.124 e. The lowest BCUT2D eigenvalue weighted by molar-refractivity contribution is 0.524. The number of fused-ring (bicyclic) bond motifs is 1. The van der Waals surface area contributed by atoms with Gasteiger partial charge >= 0.3 is 0 Å². The molecule has 0 radical (unpaired) electrons. The molecule has 2 atom stereocenters. The zero-order valence-corrected chi connectivity index (χ0v) is 11.9. The maximum atomic E-state index is 13.1. The van der Waals surface area contributed by atoms with Gasteiger partial charge in [0.2, 0.25) is 0 Å². The van der Waals surface area contributed by atoms with E-state index in [4.69, 9.17) is 17.3 Å². The van der Waals surface area contributed by atoms with Crippen molar-refractivity contribution >= 4 is 11.6 Å². The molecule has 0 fully saturated rings. The molecule has 1 aliphatic rings. The molecule has 3 rings (SSSR count). The molecular formula is C17H17ClFN. The van der Waals surface area contributed by atoms with Crippen LogP contribution in [0.5, 0.6) is 0 Å². The minimum Gasteiger partial charge on any atom is -0.327 e. The summed E-state index contributed by atoms with van der Waals surface area (Å²) in [5.74, 6) is 0.0610. The molecule has 104 valence electrons. The molecule has 0 bridgehead atoms. The number of rotatable bonds is 3. The van der Waals surface area contributed by atoms with Gasteiger partial charge < -0.3 is 5.73 Å². The highest BCUT2D eigenvalue weighted by molar-refractivity contribution is 6.31. The van der Waals surface area contributed by atoms with Crippen LogP contribution in [0.4, 0.5) is 4.39 Å². The molecule has 2 aromatic carbocycles. The van der Waals surface area contributed by atoms with E-state index in [0.717, 1.165) is 18.4 Å². The van der Waals surface area contributed by atoms with Crippen LogP contribution in [-0.2, 0) is 12.8 Å². The van der Waals surface area contributed by atoms with E-state index in [2.05, 4.69) is 24.3 Å². The molecule has 20 heavy (non-hydrogen) atoms. The van der Waals surface area contributed by atoms with Crippen LogP contribution in [0.25, 0.3) is 0 Å². The summed E-state index contributed by atoms with van der Waals surface area (Å²) in [5, 5.41) is 0.465. The molecule has 0 saturated carbocycles. The van der Waals surface area contributed by atoms with Crippen LogP contribution in [0.1, 0.15) is 29.0 Å². The molecule has 1 aliphatic carbocycles. The molecule has 3 heteroatoms. The van der Waals surface area contributed by atoms with Gasteiger partial charge in [0, 0.05) is 11.1 Å². The monoisotopic (exact) mass is 289 g/mol. The Morgan fingerprint density at radius 2 is 2.05 bits per heavy atom. The first-order chi connectivity index (χ1) is 9.65. The maximum Gasteiger partial charge on any atom is 0.124 e. The summed E-state index contributed by atoms with van der Waals surface area (Å²) in [6.07, 6.45) is 2.85. The molecule has 0 saturated heterocycles. The van der Waals surface area contributed by atoms with Gasteiger partial charge in [0.15, 0.2) is 0 Å². The van der Waals surface area contributed by atoms with Crippen molar-refractivity contribution in [2.45, 2.75) is 31.2 Å². The van der Waals surface area contributed by atoms with Gasteiger partial charge in [-0.3, -0.25) is 0 Å². The predicted octanol–water partition coefficient (Wildman–Crippen LogP) is 4.08. The molecule has 1 nitrogen and oxygen atoms in total. The Hall–Kier alpha value is -1.38. The van der Waals surface area contributed by atoms with Crippen LogP contribution in [-0.4, -0.2) is 6.04 Å². The molecule has 0 spiro atoms. The summed E-state index contributed by atoms with van der Waals surface area (Å²) >= 11 is 6.08. The number of benzene rings is 2. The Kier molecular flexibility index (Phi) is 3.77. The van der Waals surface area contributed by atoms with Crippen molar-refractivity contribution in [1.82, 2.24) is 0 Å². The van der Waals surface area contributed by atoms with Gasteiger partial charge in [0.1, 0.15) is 5.82 Å². The third-order valence-electron chi connectivity index (χ3n) is 4.17. The van der Waals surface area contributed by atoms with E-state index in [0.29, 0.717) is 17.4 Å². The van der Waals surface area contributed by atoms with Gasteiger partial charge in [0.05, 0.1) is 0 Å². The number of hydrogen-bond acceptors (Lipinski definition) is 1. The average molecular weight is 290 g/mol. The fourth-order valence-electron chi connectivity index (χ4n) is 3.12. The van der Waals surface area contributed by atoms with E-state index < -0.39 is 0 Å². The van der Waals surface area contributed by atoms with E-state index in [1.165, 1.54) is 23.3 Å². The number of aryl methyl sites for hydroxylation is 1. The van der Waals surface area contributed by atoms with Gasteiger partial charge in [-0.05, 0) is 54.0 Å². The van der Waals surface area contributed by atoms with Crippen LogP contribution in [0.3, 0.4) is 0 Å². The van der Waals surface area contributed by atoms with Crippen molar-refractivity contribution in [3.05, 3.63) is 70.0 Å². The zero-order chi connectivity index (χ0) is 14.1. The second-order valence-electron chi connectivity index (χ2n) is 5.45. The summed E-state index contributed by atoms with van der Waals surface area (Å²) in [7, 11) is 0. The average Bonchev–Trinajstić information content (AvgIpc) is 2.86. The van der Waals surface area contributed by atoms with Crippen molar-refractivity contribution in [1.29, 1.82) is 0 Å². The van der Waals surface area contributed by atoms with Crippen molar-refractivity contribution in [3.8, 4) is 0 Å². The Morgan fingerprint density at radius 3 is 2.85 bits per heavy atom. The first-order valence-electron chi connectivity index (χ1n) is 6.92. The quantitative estimate of drug-likeness (QED) is 0.905. The summed E-state index contributed by atoms with van der Waals surface area (Å²) in [6.45, 7) is 0. The third-order valence-corrected chi connectivity index (χ3v) is 4.52. The van der Waals surface area contributed by atoms with E-state index >= 15 is 0 Å². The molecule has 0 amide bonds. The van der Waals surface area contributed by atoms with Crippen LogP contribution in [0.2, 0.25) is 5.02 Å². The second-order valence-corrected chi connectivity index (χ2v) is 5.85. The molecule has 0 heterocycles. The van der Waals surface area contributed by atoms with Gasteiger partial charge in [-0.1, -0.05) is 41.9 Å². The first-order valence-corrected chi connectivity index (χ1v) is 7.30. The maximum absolute atomic E-state index is 13.1. The zero-order valence-electron chi connectivity index (χ0n) is 11.2. The van der Waals surface area contributed by atoms with Gasteiger partial charge in [-0.25, -0.2) is 4.39 Å². The SMILES string of the molecule is NC(Cc1ccc(F)cc1Cl)C1CCc2ccccc21. The van der Waals surface area contributed by atoms with E-state index in [9.17, 15) is 4.39 Å². The fourth-order valence-corrected chi connectivity index (χ4v) is 3.36. The topological polar surface area (TPSA) is 26.0 Å².